The Morgan fingerprint density at radius 1 is 1.10 bits per heavy atom. The normalized spacial score (nSPS) is 11.9. The second kappa shape index (κ2) is 5.69. The van der Waals surface area contributed by atoms with Gasteiger partial charge in [0.05, 0.1) is 7.11 Å². The Hall–Kier alpha value is -1.78. The molecule has 0 unspecified atom stereocenters. The van der Waals surface area contributed by atoms with E-state index >= 15 is 0 Å². The molecule has 20 heavy (non-hydrogen) atoms. The fourth-order valence-corrected chi connectivity index (χ4v) is 1.44. The molecule has 0 heterocycles. The number of carbonyl (C=O) groups excluding carboxylic acids is 1. The summed E-state index contributed by atoms with van der Waals surface area (Å²) < 4.78 is 29.1. The minimum absolute atomic E-state index is 0.224. The number of rotatable bonds is 4. The van der Waals surface area contributed by atoms with Crippen molar-refractivity contribution in [1.29, 1.82) is 0 Å². The van der Waals surface area contributed by atoms with Gasteiger partial charge in [-0.05, 0) is 46.8 Å². The molecule has 0 amide bonds. The Morgan fingerprint density at radius 3 is 2.20 bits per heavy atom. The van der Waals surface area contributed by atoms with Crippen molar-refractivity contribution in [2.24, 2.45) is 0 Å². The highest BCUT2D eigenvalue weighted by molar-refractivity contribution is 5.79. The van der Waals surface area contributed by atoms with Crippen LogP contribution in [0.25, 0.3) is 0 Å². The van der Waals surface area contributed by atoms with Gasteiger partial charge in [-0.1, -0.05) is 0 Å². The third-order valence-electron chi connectivity index (χ3n) is 2.38. The Labute approximate surface area is 118 Å². The summed E-state index contributed by atoms with van der Waals surface area (Å²) in [6.45, 7) is 8.51. The van der Waals surface area contributed by atoms with Crippen molar-refractivity contribution in [1.82, 2.24) is 0 Å². The van der Waals surface area contributed by atoms with Crippen molar-refractivity contribution in [3.8, 4) is 11.5 Å². The number of ether oxygens (including phenoxy) is 3. The van der Waals surface area contributed by atoms with Crippen LogP contribution in [-0.4, -0.2) is 24.3 Å². The van der Waals surface area contributed by atoms with Crippen LogP contribution in [0.4, 0.5) is 4.39 Å². The van der Waals surface area contributed by atoms with Crippen LogP contribution in [-0.2, 0) is 9.53 Å². The van der Waals surface area contributed by atoms with Gasteiger partial charge in [-0.2, -0.15) is 0 Å². The van der Waals surface area contributed by atoms with Crippen LogP contribution in [0.3, 0.4) is 0 Å². The zero-order chi connectivity index (χ0) is 15.6. The molecule has 0 fully saturated rings. The Kier molecular flexibility index (Phi) is 4.63. The van der Waals surface area contributed by atoms with Gasteiger partial charge in [-0.25, -0.2) is 9.18 Å². The van der Waals surface area contributed by atoms with Crippen LogP contribution in [0.1, 0.15) is 34.6 Å². The van der Waals surface area contributed by atoms with Crippen molar-refractivity contribution in [3.63, 3.8) is 0 Å². The summed E-state index contributed by atoms with van der Waals surface area (Å²) in [6, 6.07) is 3.85. The van der Waals surface area contributed by atoms with Gasteiger partial charge in [-0.3, -0.25) is 0 Å². The maximum atomic E-state index is 13.1. The topological polar surface area (TPSA) is 44.8 Å². The molecule has 0 aliphatic heterocycles. The van der Waals surface area contributed by atoms with Crippen LogP contribution in [0.2, 0.25) is 0 Å². The van der Waals surface area contributed by atoms with E-state index in [1.165, 1.54) is 25.3 Å². The fourth-order valence-electron chi connectivity index (χ4n) is 1.44. The molecule has 0 aliphatic rings. The van der Waals surface area contributed by atoms with Crippen LogP contribution in [0.15, 0.2) is 18.2 Å². The predicted molar refractivity (Wildman–Crippen MR) is 73.5 cm³/mol. The number of halogens is 1. The highest BCUT2D eigenvalue weighted by atomic mass is 19.1. The lowest BCUT2D eigenvalue weighted by atomic mass is 10.1. The smallest absolute Gasteiger partial charge is 0.350 e. The van der Waals surface area contributed by atoms with E-state index in [4.69, 9.17) is 14.2 Å². The summed E-state index contributed by atoms with van der Waals surface area (Å²) in [6.07, 6.45) is 0. The lowest BCUT2D eigenvalue weighted by Gasteiger charge is -2.29. The zero-order valence-electron chi connectivity index (χ0n) is 12.7. The van der Waals surface area contributed by atoms with E-state index in [-0.39, 0.29) is 11.5 Å². The first kappa shape index (κ1) is 16.3. The van der Waals surface area contributed by atoms with E-state index in [0.717, 1.165) is 0 Å². The summed E-state index contributed by atoms with van der Waals surface area (Å²) in [7, 11) is 1.40. The van der Waals surface area contributed by atoms with Crippen LogP contribution >= 0.6 is 0 Å². The molecule has 0 atom stereocenters. The number of benzene rings is 1. The van der Waals surface area contributed by atoms with E-state index in [1.807, 2.05) is 0 Å². The molecule has 4 nitrogen and oxygen atoms in total. The molecule has 5 heteroatoms. The van der Waals surface area contributed by atoms with E-state index < -0.39 is 23.0 Å². The van der Waals surface area contributed by atoms with Gasteiger partial charge in [0.15, 0.2) is 17.1 Å². The molecule has 0 aliphatic carbocycles. The van der Waals surface area contributed by atoms with Crippen LogP contribution in [0, 0.1) is 5.82 Å². The Bertz CT molecular complexity index is 489. The number of hydrogen-bond donors (Lipinski definition) is 0. The van der Waals surface area contributed by atoms with Gasteiger partial charge in [0.25, 0.3) is 0 Å². The molecular weight excluding hydrogens is 263 g/mol. The molecule has 1 aromatic carbocycles. The minimum Gasteiger partial charge on any atom is -0.493 e. The molecule has 0 spiro atoms. The first-order valence-electron chi connectivity index (χ1n) is 6.31. The van der Waals surface area contributed by atoms with Gasteiger partial charge in [-0.15, -0.1) is 0 Å². The largest absolute Gasteiger partial charge is 0.493 e. The van der Waals surface area contributed by atoms with Crippen LogP contribution in [0.5, 0.6) is 11.5 Å². The molecule has 1 aromatic rings. The van der Waals surface area contributed by atoms with E-state index in [0.29, 0.717) is 0 Å². The molecule has 0 bridgehead atoms. The minimum atomic E-state index is -1.21. The average Bonchev–Trinajstić information content (AvgIpc) is 2.29. The standard InChI is InChI=1S/C15H21FO4/c1-14(2,3)20-13(17)15(4,5)19-11-8-7-10(16)9-12(11)18-6/h7-9H,1-6H3. The highest BCUT2D eigenvalue weighted by Crippen LogP contribution is 2.31. The van der Waals surface area contributed by atoms with Crippen molar-refractivity contribution < 1.29 is 23.4 Å². The summed E-state index contributed by atoms with van der Waals surface area (Å²) >= 11 is 0. The van der Waals surface area contributed by atoms with Crippen molar-refractivity contribution in [3.05, 3.63) is 24.0 Å². The molecule has 0 saturated heterocycles. The second-order valence-corrected chi connectivity index (χ2v) is 5.91. The SMILES string of the molecule is COc1cc(F)ccc1OC(C)(C)C(=O)OC(C)(C)C. The maximum Gasteiger partial charge on any atom is 0.350 e. The average molecular weight is 284 g/mol. The molecule has 0 aromatic heterocycles. The maximum absolute atomic E-state index is 13.1. The Balaban J connectivity index is 2.93. The van der Waals surface area contributed by atoms with E-state index in [2.05, 4.69) is 0 Å². The van der Waals surface area contributed by atoms with Gasteiger partial charge in [0.1, 0.15) is 11.4 Å². The van der Waals surface area contributed by atoms with Crippen LogP contribution < -0.4 is 9.47 Å². The lowest BCUT2D eigenvalue weighted by Crippen LogP contribution is -2.43. The fraction of sp³-hybridized carbons (Fsp3) is 0.533. The van der Waals surface area contributed by atoms with Gasteiger partial charge >= 0.3 is 5.97 Å². The molecule has 1 rings (SSSR count). The first-order chi connectivity index (χ1) is 9.05. The first-order valence-corrected chi connectivity index (χ1v) is 6.31. The number of methoxy groups -OCH3 is 1. The predicted octanol–water partition coefficient (Wildman–Crippen LogP) is 3.33. The third-order valence-corrected chi connectivity index (χ3v) is 2.38. The lowest BCUT2D eigenvalue weighted by molar-refractivity contribution is -0.171. The monoisotopic (exact) mass is 284 g/mol. The zero-order valence-corrected chi connectivity index (χ0v) is 12.7. The van der Waals surface area contributed by atoms with E-state index in [1.54, 1.807) is 34.6 Å². The van der Waals surface area contributed by atoms with Crippen molar-refractivity contribution >= 4 is 5.97 Å². The molecular formula is C15H21FO4. The Morgan fingerprint density at radius 2 is 1.70 bits per heavy atom. The quantitative estimate of drug-likeness (QED) is 0.795. The summed E-state index contributed by atoms with van der Waals surface area (Å²) in [4.78, 5) is 12.1. The number of carbonyl (C=O) groups is 1. The summed E-state index contributed by atoms with van der Waals surface area (Å²) in [5, 5.41) is 0. The summed E-state index contributed by atoms with van der Waals surface area (Å²) in [5.74, 6) is -0.438. The van der Waals surface area contributed by atoms with Gasteiger partial charge in [0, 0.05) is 6.07 Å². The molecule has 0 N–H and O–H groups in total. The highest BCUT2D eigenvalue weighted by Gasteiger charge is 2.35. The molecule has 0 radical (unpaired) electrons. The second-order valence-electron chi connectivity index (χ2n) is 5.91. The van der Waals surface area contributed by atoms with E-state index in [9.17, 15) is 9.18 Å². The van der Waals surface area contributed by atoms with Gasteiger partial charge < -0.3 is 14.2 Å². The number of hydrogen-bond acceptors (Lipinski definition) is 4. The van der Waals surface area contributed by atoms with Gasteiger partial charge in [0.2, 0.25) is 0 Å². The molecule has 112 valence electrons. The van der Waals surface area contributed by atoms with Crippen molar-refractivity contribution in [2.75, 3.05) is 7.11 Å². The number of esters is 1. The molecule has 0 saturated carbocycles. The van der Waals surface area contributed by atoms with Crippen molar-refractivity contribution in [2.45, 2.75) is 45.8 Å². The third kappa shape index (κ3) is 4.40. The summed E-state index contributed by atoms with van der Waals surface area (Å²) in [5.41, 5.74) is -1.82.